The number of benzene rings is 1. The summed E-state index contributed by atoms with van der Waals surface area (Å²) < 4.78 is 56.9. The predicted octanol–water partition coefficient (Wildman–Crippen LogP) is 3.02. The first-order chi connectivity index (χ1) is 9.12. The Balaban J connectivity index is 2.48. The molecule has 0 aliphatic carbocycles. The number of ether oxygens (including phenoxy) is 1. The van der Waals surface area contributed by atoms with E-state index in [1.807, 2.05) is 0 Å². The number of aryl methyl sites for hydroxylation is 1. The second-order valence-electron chi connectivity index (χ2n) is 5.06. The molecule has 20 heavy (non-hydrogen) atoms. The van der Waals surface area contributed by atoms with Gasteiger partial charge in [0.15, 0.2) is 6.10 Å². The van der Waals surface area contributed by atoms with Crippen molar-refractivity contribution < 1.29 is 22.3 Å². The van der Waals surface area contributed by atoms with Gasteiger partial charge in [-0.25, -0.2) is 9.38 Å². The molecule has 2 atom stereocenters. The molecule has 0 saturated heterocycles. The molecule has 0 fully saturated rings. The Labute approximate surface area is 113 Å². The van der Waals surface area contributed by atoms with Crippen molar-refractivity contribution in [1.82, 2.24) is 0 Å². The molecule has 0 radical (unpaired) electrons. The Bertz CT molecular complexity index is 556. The molecule has 1 unspecified atom stereocenters. The molecule has 1 aromatic carbocycles. The summed E-state index contributed by atoms with van der Waals surface area (Å²) in [4.78, 5) is 3.88. The number of aliphatic imine (C=N–C) groups is 1. The molecule has 7 heteroatoms. The number of rotatable bonds is 1. The molecule has 1 aromatic rings. The second-order valence-corrected chi connectivity index (χ2v) is 5.06. The molecule has 2 N–H and O–H groups in total. The van der Waals surface area contributed by atoms with Crippen LogP contribution in [0.4, 0.5) is 17.6 Å². The van der Waals surface area contributed by atoms with Gasteiger partial charge in [0.2, 0.25) is 0 Å². The van der Waals surface area contributed by atoms with E-state index in [4.69, 9.17) is 5.73 Å². The van der Waals surface area contributed by atoms with Crippen LogP contribution in [0.25, 0.3) is 0 Å². The quantitative estimate of drug-likeness (QED) is 0.808. The van der Waals surface area contributed by atoms with Gasteiger partial charge < -0.3 is 10.5 Å². The second kappa shape index (κ2) is 4.64. The van der Waals surface area contributed by atoms with E-state index in [1.165, 1.54) is 25.1 Å². The van der Waals surface area contributed by atoms with Crippen LogP contribution in [0.2, 0.25) is 0 Å². The average molecular weight is 290 g/mol. The maximum Gasteiger partial charge on any atom is 0.425 e. The van der Waals surface area contributed by atoms with Crippen molar-refractivity contribution in [2.75, 3.05) is 0 Å². The smallest absolute Gasteiger partial charge is 0.425 e. The van der Waals surface area contributed by atoms with Crippen molar-refractivity contribution in [2.24, 2.45) is 10.7 Å². The van der Waals surface area contributed by atoms with Crippen molar-refractivity contribution in [2.45, 2.75) is 38.1 Å². The molecular formula is C13H14F4N2O. The lowest BCUT2D eigenvalue weighted by Crippen LogP contribution is -2.46. The van der Waals surface area contributed by atoms with Gasteiger partial charge in [0.25, 0.3) is 6.02 Å². The Hall–Kier alpha value is -1.79. The van der Waals surface area contributed by atoms with Crippen molar-refractivity contribution in [3.63, 3.8) is 0 Å². The molecule has 1 aliphatic rings. The van der Waals surface area contributed by atoms with Gasteiger partial charge in [-0.05, 0) is 19.9 Å². The minimum absolute atomic E-state index is 0.0815. The normalized spacial score (nSPS) is 26.9. The zero-order valence-corrected chi connectivity index (χ0v) is 11.0. The van der Waals surface area contributed by atoms with Gasteiger partial charge in [-0.3, -0.25) is 0 Å². The van der Waals surface area contributed by atoms with Crippen LogP contribution in [-0.2, 0) is 10.3 Å². The van der Waals surface area contributed by atoms with Gasteiger partial charge in [0.1, 0.15) is 5.82 Å². The standard InChI is InChI=1S/C13H14F4N2O/c1-7-3-4-9(14)8(5-7)12(2)6-10(13(15,16)17)20-11(18)19-12/h3-5,10H,6H2,1-2H3,(H2,18,19)/t10?,12-/m1/s1. The van der Waals surface area contributed by atoms with E-state index >= 15 is 0 Å². The Morgan fingerprint density at radius 2 is 2.05 bits per heavy atom. The molecular weight excluding hydrogens is 276 g/mol. The maximum atomic E-state index is 13.9. The highest BCUT2D eigenvalue weighted by Crippen LogP contribution is 2.40. The molecule has 110 valence electrons. The van der Waals surface area contributed by atoms with E-state index in [9.17, 15) is 17.6 Å². The van der Waals surface area contributed by atoms with Crippen LogP contribution in [0.1, 0.15) is 24.5 Å². The minimum Gasteiger partial charge on any atom is -0.452 e. The Kier molecular flexibility index (Phi) is 3.39. The first-order valence-corrected chi connectivity index (χ1v) is 5.97. The van der Waals surface area contributed by atoms with Crippen molar-refractivity contribution >= 4 is 6.02 Å². The highest BCUT2D eigenvalue weighted by Gasteiger charge is 2.49. The summed E-state index contributed by atoms with van der Waals surface area (Å²) in [5.74, 6) is -0.613. The third kappa shape index (κ3) is 2.71. The number of hydrogen-bond donors (Lipinski definition) is 1. The van der Waals surface area contributed by atoms with E-state index in [0.29, 0.717) is 0 Å². The number of halogens is 4. The van der Waals surface area contributed by atoms with Gasteiger partial charge in [-0.1, -0.05) is 17.7 Å². The van der Waals surface area contributed by atoms with Crippen molar-refractivity contribution in [3.05, 3.63) is 35.1 Å². The van der Waals surface area contributed by atoms with Crippen LogP contribution in [0.15, 0.2) is 23.2 Å². The third-order valence-corrected chi connectivity index (χ3v) is 3.27. The summed E-state index contributed by atoms with van der Waals surface area (Å²) in [5.41, 5.74) is 4.73. The van der Waals surface area contributed by atoms with Gasteiger partial charge >= 0.3 is 6.18 Å². The lowest BCUT2D eigenvalue weighted by atomic mass is 9.85. The zero-order chi connectivity index (χ0) is 15.1. The fourth-order valence-corrected chi connectivity index (χ4v) is 2.27. The molecule has 1 aliphatic heterocycles. The van der Waals surface area contributed by atoms with Crippen LogP contribution in [-0.4, -0.2) is 18.3 Å². The van der Waals surface area contributed by atoms with E-state index in [1.54, 1.807) is 6.92 Å². The average Bonchev–Trinajstić information content (AvgIpc) is 2.30. The lowest BCUT2D eigenvalue weighted by molar-refractivity contribution is -0.208. The molecule has 0 saturated carbocycles. The van der Waals surface area contributed by atoms with Crippen LogP contribution in [0.5, 0.6) is 0 Å². The van der Waals surface area contributed by atoms with Crippen LogP contribution >= 0.6 is 0 Å². The van der Waals surface area contributed by atoms with Crippen LogP contribution < -0.4 is 5.73 Å². The SMILES string of the molecule is Cc1ccc(F)c([C@@]2(C)CC(C(F)(F)F)OC(N)=N2)c1. The van der Waals surface area contributed by atoms with Gasteiger partial charge in [-0.2, -0.15) is 13.2 Å². The zero-order valence-electron chi connectivity index (χ0n) is 11.0. The summed E-state index contributed by atoms with van der Waals surface area (Å²) in [6.45, 7) is 3.14. The molecule has 0 aromatic heterocycles. The van der Waals surface area contributed by atoms with E-state index in [2.05, 4.69) is 9.73 Å². The van der Waals surface area contributed by atoms with Crippen molar-refractivity contribution in [3.8, 4) is 0 Å². The molecule has 1 heterocycles. The first-order valence-electron chi connectivity index (χ1n) is 5.97. The summed E-state index contributed by atoms with van der Waals surface area (Å²) in [7, 11) is 0. The monoisotopic (exact) mass is 290 g/mol. The molecule has 3 nitrogen and oxygen atoms in total. The number of amidine groups is 1. The highest BCUT2D eigenvalue weighted by atomic mass is 19.4. The highest BCUT2D eigenvalue weighted by molar-refractivity contribution is 5.73. The summed E-state index contributed by atoms with van der Waals surface area (Å²) in [6, 6.07) is 3.64. The summed E-state index contributed by atoms with van der Waals surface area (Å²) >= 11 is 0. The maximum absolute atomic E-state index is 13.9. The minimum atomic E-state index is -4.58. The summed E-state index contributed by atoms with van der Waals surface area (Å²) in [5, 5.41) is 0. The fraction of sp³-hybridized carbons (Fsp3) is 0.462. The van der Waals surface area contributed by atoms with Crippen molar-refractivity contribution in [1.29, 1.82) is 0 Å². The van der Waals surface area contributed by atoms with E-state index < -0.39 is 36.1 Å². The van der Waals surface area contributed by atoms with Gasteiger partial charge in [0.05, 0.1) is 5.54 Å². The topological polar surface area (TPSA) is 47.6 Å². The van der Waals surface area contributed by atoms with Crippen LogP contribution in [0, 0.1) is 12.7 Å². The molecule has 2 rings (SSSR count). The molecule has 0 spiro atoms. The van der Waals surface area contributed by atoms with E-state index in [0.717, 1.165) is 5.56 Å². The Morgan fingerprint density at radius 1 is 1.40 bits per heavy atom. The fourth-order valence-electron chi connectivity index (χ4n) is 2.27. The lowest BCUT2D eigenvalue weighted by Gasteiger charge is -2.36. The van der Waals surface area contributed by atoms with E-state index in [-0.39, 0.29) is 5.56 Å². The molecule has 0 amide bonds. The number of hydrogen-bond acceptors (Lipinski definition) is 3. The van der Waals surface area contributed by atoms with Gasteiger partial charge in [0, 0.05) is 12.0 Å². The predicted molar refractivity (Wildman–Crippen MR) is 65.7 cm³/mol. The third-order valence-electron chi connectivity index (χ3n) is 3.27. The summed E-state index contributed by atoms with van der Waals surface area (Å²) in [6.07, 6.45) is -7.19. The number of alkyl halides is 3. The van der Waals surface area contributed by atoms with Gasteiger partial charge in [-0.15, -0.1) is 0 Å². The number of nitrogens with zero attached hydrogens (tertiary/aromatic N) is 1. The molecule has 0 bridgehead atoms. The van der Waals surface area contributed by atoms with Crippen LogP contribution in [0.3, 0.4) is 0 Å². The largest absolute Gasteiger partial charge is 0.452 e. The number of nitrogens with two attached hydrogens (primary N) is 1. The Morgan fingerprint density at radius 3 is 2.65 bits per heavy atom. The first kappa shape index (κ1) is 14.6.